The Morgan fingerprint density at radius 3 is 1.95 bits per heavy atom. The molecular weight excluding hydrogens is 710 g/mol. The molecule has 262 valence electrons. The summed E-state index contributed by atoms with van der Waals surface area (Å²) in [5, 5.41) is 3.76. The third-order valence-corrected chi connectivity index (χ3v) is 9.32. The average Bonchev–Trinajstić information content (AvgIpc) is 2.85. The van der Waals surface area contributed by atoms with Gasteiger partial charge in [0.2, 0.25) is 0 Å². The van der Waals surface area contributed by atoms with Crippen molar-refractivity contribution >= 4 is 23.2 Å². The quantitative estimate of drug-likeness (QED) is 0.0732. The summed E-state index contributed by atoms with van der Waals surface area (Å²) in [6, 6.07) is 0.736. The minimum Gasteiger partial charge on any atom is -1.00 e. The first-order valence-electron chi connectivity index (χ1n) is 16.2. The molecule has 2 rings (SSSR count). The molecule has 0 aromatic rings. The number of quaternary nitrogens is 1. The van der Waals surface area contributed by atoms with Gasteiger partial charge in [0.1, 0.15) is 4.84 Å². The van der Waals surface area contributed by atoms with Crippen LogP contribution in [0.1, 0.15) is 89.9 Å². The molecule has 0 aromatic heterocycles. The first kappa shape index (κ1) is 51.9. The third kappa shape index (κ3) is 27.7. The van der Waals surface area contributed by atoms with E-state index in [0.29, 0.717) is 0 Å². The van der Waals surface area contributed by atoms with Gasteiger partial charge in [-0.15, -0.1) is 23.2 Å². The topological polar surface area (TPSA) is 21.8 Å². The van der Waals surface area contributed by atoms with Gasteiger partial charge in [0, 0.05) is 45.3 Å². The molecule has 0 aromatic carbocycles. The maximum absolute atomic E-state index is 5.90. The van der Waals surface area contributed by atoms with Gasteiger partial charge in [0.05, 0.1) is 27.7 Å². The Balaban J connectivity index is -0.00000152. The average molecular weight is 775 g/mol. The third-order valence-electron chi connectivity index (χ3n) is 8.89. The van der Waals surface area contributed by atoms with E-state index in [1.807, 2.05) is 0 Å². The predicted molar refractivity (Wildman–Crippen MR) is 169 cm³/mol. The van der Waals surface area contributed by atoms with Crippen molar-refractivity contribution in [1.82, 2.24) is 20.0 Å². The Morgan fingerprint density at radius 1 is 0.698 bits per heavy atom. The van der Waals surface area contributed by atoms with E-state index in [1.165, 1.54) is 142 Å². The number of fused-ring (bicyclic) bond motifs is 3. The summed E-state index contributed by atoms with van der Waals surface area (Å²) in [6.07, 6.45) is 18.5. The molecule has 0 aliphatic carbocycles. The van der Waals surface area contributed by atoms with E-state index in [9.17, 15) is 0 Å². The summed E-state index contributed by atoms with van der Waals surface area (Å²) in [4.78, 5) is 7.93. The minimum absolute atomic E-state index is 0. The van der Waals surface area contributed by atoms with Crippen molar-refractivity contribution in [2.24, 2.45) is 5.92 Å². The molecule has 43 heavy (non-hydrogen) atoms. The van der Waals surface area contributed by atoms with Crippen LogP contribution < -0.4 is 54.9 Å². The van der Waals surface area contributed by atoms with Gasteiger partial charge in [-0.3, -0.25) is 4.90 Å². The van der Waals surface area contributed by atoms with Gasteiger partial charge in [0.25, 0.3) is 0 Å². The smallest absolute Gasteiger partial charge is 1.00 e. The van der Waals surface area contributed by atoms with Crippen LogP contribution in [0.15, 0.2) is 0 Å². The minimum atomic E-state index is -0.187. The van der Waals surface area contributed by atoms with E-state index in [2.05, 4.69) is 48.2 Å². The van der Waals surface area contributed by atoms with Crippen molar-refractivity contribution < 1.29 is 71.2 Å². The molecule has 12 heteroatoms. The molecule has 2 heterocycles. The summed E-state index contributed by atoms with van der Waals surface area (Å²) < 4.78 is 1.09. The number of unbranched alkanes of at least 4 members (excludes halogenated alkanes) is 4. The Hall–Kier alpha value is 2.06. The summed E-state index contributed by atoms with van der Waals surface area (Å²) in [6.45, 7) is 12.2. The van der Waals surface area contributed by atoms with Gasteiger partial charge >= 0.3 is 17.1 Å². The van der Waals surface area contributed by atoms with Crippen LogP contribution in [0, 0.1) is 5.92 Å². The van der Waals surface area contributed by atoms with Crippen LogP contribution in [0.4, 0.5) is 0 Å². The fourth-order valence-electron chi connectivity index (χ4n) is 6.38. The monoisotopic (exact) mass is 771 g/mol. The normalized spacial score (nSPS) is 22.5. The second-order valence-electron chi connectivity index (χ2n) is 13.4. The van der Waals surface area contributed by atoms with Crippen LogP contribution in [0.5, 0.6) is 0 Å². The van der Waals surface area contributed by atoms with E-state index >= 15 is 0 Å². The Kier molecular flexibility index (Phi) is 37.8. The molecule has 2 bridgehead atoms. The number of halogens is 6. The van der Waals surface area contributed by atoms with Crippen LogP contribution in [0.25, 0.3) is 0 Å². The van der Waals surface area contributed by atoms with Gasteiger partial charge in [-0.1, -0.05) is 51.4 Å². The first-order chi connectivity index (χ1) is 18.2. The van der Waals surface area contributed by atoms with Crippen molar-refractivity contribution in [1.29, 1.82) is 0 Å². The molecule has 4 unspecified atom stereocenters. The van der Waals surface area contributed by atoms with Crippen LogP contribution in [0.2, 0.25) is 0 Å². The van der Waals surface area contributed by atoms with Crippen LogP contribution in [-0.2, 0) is 17.1 Å². The molecule has 4 atom stereocenters. The van der Waals surface area contributed by atoms with Gasteiger partial charge in [0.15, 0.2) is 0 Å². The first-order valence-corrected chi connectivity index (χ1v) is 17.0. The van der Waals surface area contributed by atoms with Crippen LogP contribution in [0.3, 0.4) is 0 Å². The van der Waals surface area contributed by atoms with Crippen molar-refractivity contribution in [3.8, 4) is 0 Å². The number of likely N-dealkylation sites (N-methyl/N-ethyl adjacent to an activating group) is 1. The van der Waals surface area contributed by atoms with E-state index in [1.54, 1.807) is 0 Å². The Labute approximate surface area is 312 Å². The zero-order valence-corrected chi connectivity index (χ0v) is 33.4. The van der Waals surface area contributed by atoms with E-state index in [0.717, 1.165) is 29.4 Å². The zero-order valence-electron chi connectivity index (χ0n) is 27.6. The van der Waals surface area contributed by atoms with Crippen LogP contribution in [-0.4, -0.2) is 124 Å². The number of hydrogen-bond acceptors (Lipinski definition) is 4. The molecule has 0 amide bonds. The van der Waals surface area contributed by atoms with Crippen LogP contribution >= 0.6 is 23.2 Å². The fraction of sp³-hybridized carbons (Fsp3) is 1.00. The van der Waals surface area contributed by atoms with E-state index in [4.69, 9.17) is 23.2 Å². The number of nitrogens with zero attached hydrogens (tertiary/aromatic N) is 4. The largest absolute Gasteiger partial charge is 3.00 e. The zero-order chi connectivity index (χ0) is 27.6. The maximum Gasteiger partial charge on any atom is 3.00 e. The number of rotatable bonds is 16. The molecular formula is C31H64Cl6MnN5. The summed E-state index contributed by atoms with van der Waals surface area (Å²) in [7, 11) is 9.30. The van der Waals surface area contributed by atoms with Crippen molar-refractivity contribution in [3.05, 3.63) is 0 Å². The Bertz CT molecular complexity index is 591. The second kappa shape index (κ2) is 31.3. The molecule has 2 aliphatic heterocycles. The molecule has 0 spiro atoms. The summed E-state index contributed by atoms with van der Waals surface area (Å²) >= 11 is 11.8. The molecule has 0 saturated carbocycles. The van der Waals surface area contributed by atoms with Gasteiger partial charge in [-0.05, 0) is 71.1 Å². The van der Waals surface area contributed by atoms with Gasteiger partial charge in [-0.2, -0.15) is 0 Å². The van der Waals surface area contributed by atoms with Crippen molar-refractivity contribution in [2.75, 3.05) is 93.6 Å². The van der Waals surface area contributed by atoms with Crippen molar-refractivity contribution in [2.45, 2.75) is 101 Å². The summed E-state index contributed by atoms with van der Waals surface area (Å²) in [5.74, 6) is 0.900. The molecule has 2 saturated heterocycles. The van der Waals surface area contributed by atoms with E-state index in [-0.39, 0.29) is 71.5 Å². The predicted octanol–water partition coefficient (Wildman–Crippen LogP) is -5.89. The molecule has 1 N–H and O–H groups in total. The fourth-order valence-corrected chi connectivity index (χ4v) is 6.69. The maximum atomic E-state index is 5.90. The Morgan fingerprint density at radius 2 is 1.30 bits per heavy atom. The standard InChI is InChI=1S/C31H64Cl2N5.4ClH.Mn/c1-35-21-12-22-36-23-20-34-19-18-30(37(26-24-35)27-25-36)16-10-9-14-29(15-11-28-38(2,3)4)13-7-5-6-8-17-31(32)33;;;;;/h29-31,34H,5-28H2,1-4H3;4*1H;/q+1;;;;;+3/p-4. The molecule has 0 radical (unpaired) electrons. The van der Waals surface area contributed by atoms with E-state index < -0.39 is 0 Å². The number of hydrogen-bond donors (Lipinski definition) is 1. The SMILES string of the molecule is CN1CCCN2CCNCCC(CCCCC(CCCCCCC(Cl)Cl)CCC[N+](C)(C)C)N(CC1)CC2.[Cl-].[Cl-].[Cl-].[Cl-].[Mn+3]. The number of nitrogens with one attached hydrogen (secondary N) is 1. The summed E-state index contributed by atoms with van der Waals surface area (Å²) in [5.41, 5.74) is 0. The molecule has 2 fully saturated rings. The number of alkyl halides is 2. The second-order valence-corrected chi connectivity index (χ2v) is 14.7. The van der Waals surface area contributed by atoms with Crippen molar-refractivity contribution in [3.63, 3.8) is 0 Å². The molecule has 2 aliphatic rings. The van der Waals surface area contributed by atoms with Gasteiger partial charge in [-0.25, -0.2) is 0 Å². The van der Waals surface area contributed by atoms with Gasteiger partial charge < -0.3 is 69.2 Å². The molecule has 5 nitrogen and oxygen atoms in total.